The molecule has 1 aliphatic carbocycles. The minimum absolute atomic E-state index is 0.125. The zero-order valence-electron chi connectivity index (χ0n) is 4.18. The number of carboxylic acid groups (broad SMARTS) is 1. The van der Waals surface area contributed by atoms with Crippen molar-refractivity contribution in [2.24, 2.45) is 11.8 Å². The van der Waals surface area contributed by atoms with Gasteiger partial charge in [0.15, 0.2) is 0 Å². The second-order valence-electron chi connectivity index (χ2n) is 2.14. The molecule has 0 N–H and O–H groups in total. The highest BCUT2D eigenvalue weighted by Gasteiger charge is 2.33. The summed E-state index contributed by atoms with van der Waals surface area (Å²) in [6, 6.07) is 0. The first kappa shape index (κ1) is 4.62. The maximum absolute atomic E-state index is 9.86. The Bertz CT molecular complexity index is 98.3. The van der Waals surface area contributed by atoms with Gasteiger partial charge in [-0.2, -0.15) is 0 Å². The van der Waals surface area contributed by atoms with E-state index in [2.05, 4.69) is 0 Å². The third-order valence-electron chi connectivity index (χ3n) is 1.41. The molecule has 7 heavy (non-hydrogen) atoms. The summed E-state index contributed by atoms with van der Waals surface area (Å²) in [5.41, 5.74) is 0. The van der Waals surface area contributed by atoms with E-state index in [-0.39, 0.29) is 5.92 Å². The summed E-state index contributed by atoms with van der Waals surface area (Å²) in [4.78, 5) is 9.86. The van der Waals surface area contributed by atoms with Gasteiger partial charge in [0.05, 0.1) is 0 Å². The Morgan fingerprint density at radius 2 is 2.29 bits per heavy atom. The molecule has 0 aliphatic heterocycles. The maximum atomic E-state index is 9.86. The first-order valence-corrected chi connectivity index (χ1v) is 2.42. The molecular formula is C5H7O2-. The zero-order valence-corrected chi connectivity index (χ0v) is 4.18. The Morgan fingerprint density at radius 1 is 1.86 bits per heavy atom. The Balaban J connectivity index is 2.33. The minimum atomic E-state index is -0.882. The van der Waals surface area contributed by atoms with Crippen molar-refractivity contribution in [1.29, 1.82) is 0 Å². The third kappa shape index (κ3) is 0.734. The van der Waals surface area contributed by atoms with Gasteiger partial charge in [-0.05, 0) is 12.3 Å². The van der Waals surface area contributed by atoms with Crippen molar-refractivity contribution >= 4 is 5.97 Å². The lowest BCUT2D eigenvalue weighted by atomic mass is 10.3. The fourth-order valence-electron chi connectivity index (χ4n) is 0.651. The smallest absolute Gasteiger partial charge is 0.0448 e. The molecule has 0 spiro atoms. The van der Waals surface area contributed by atoms with Crippen LogP contribution in [0, 0.1) is 11.8 Å². The minimum Gasteiger partial charge on any atom is -0.550 e. The summed E-state index contributed by atoms with van der Waals surface area (Å²) in [5.74, 6) is -0.627. The lowest BCUT2D eigenvalue weighted by molar-refractivity contribution is -0.308. The predicted octanol–water partition coefficient (Wildman–Crippen LogP) is -0.608. The Kier molecular flexibility index (Phi) is 0.805. The molecule has 0 radical (unpaired) electrons. The van der Waals surface area contributed by atoms with Crippen LogP contribution in [0.3, 0.4) is 0 Å². The van der Waals surface area contributed by atoms with Gasteiger partial charge in [0.1, 0.15) is 0 Å². The van der Waals surface area contributed by atoms with E-state index in [0.29, 0.717) is 5.92 Å². The number of aliphatic carboxylic acids is 1. The Labute approximate surface area is 42.1 Å². The first-order chi connectivity index (χ1) is 3.22. The van der Waals surface area contributed by atoms with Gasteiger partial charge in [0.25, 0.3) is 0 Å². The van der Waals surface area contributed by atoms with Crippen LogP contribution in [0.25, 0.3) is 0 Å². The standard InChI is InChI=1S/C5H8O2/c1-3-2-4(3)5(6)7/h3-4H,2H2,1H3,(H,6,7)/p-1/t3-,4+/m1/s1. The molecule has 2 nitrogen and oxygen atoms in total. The van der Waals surface area contributed by atoms with Crippen molar-refractivity contribution in [3.05, 3.63) is 0 Å². The van der Waals surface area contributed by atoms with Crippen molar-refractivity contribution in [2.75, 3.05) is 0 Å². The molecule has 2 atom stereocenters. The summed E-state index contributed by atoms with van der Waals surface area (Å²) in [7, 11) is 0. The van der Waals surface area contributed by atoms with Crippen LogP contribution in [0.5, 0.6) is 0 Å². The fourth-order valence-corrected chi connectivity index (χ4v) is 0.651. The van der Waals surface area contributed by atoms with E-state index >= 15 is 0 Å². The number of hydrogen-bond acceptors (Lipinski definition) is 2. The summed E-state index contributed by atoms with van der Waals surface area (Å²) < 4.78 is 0. The third-order valence-corrected chi connectivity index (χ3v) is 1.41. The summed E-state index contributed by atoms with van der Waals surface area (Å²) in [5, 5.41) is 9.86. The fraction of sp³-hybridized carbons (Fsp3) is 0.800. The van der Waals surface area contributed by atoms with E-state index < -0.39 is 5.97 Å². The number of carbonyl (C=O) groups excluding carboxylic acids is 1. The average molecular weight is 99.1 g/mol. The molecule has 1 fully saturated rings. The predicted molar refractivity (Wildman–Crippen MR) is 22.3 cm³/mol. The topological polar surface area (TPSA) is 40.1 Å². The Morgan fingerprint density at radius 3 is 2.29 bits per heavy atom. The van der Waals surface area contributed by atoms with E-state index in [0.717, 1.165) is 6.42 Å². The summed E-state index contributed by atoms with van der Waals surface area (Å²) in [6.45, 7) is 1.92. The highest BCUT2D eigenvalue weighted by molar-refractivity contribution is 5.70. The normalized spacial score (nSPS) is 37.9. The van der Waals surface area contributed by atoms with Crippen LogP contribution in [0.2, 0.25) is 0 Å². The van der Waals surface area contributed by atoms with Gasteiger partial charge < -0.3 is 9.90 Å². The molecule has 2 heteroatoms. The van der Waals surface area contributed by atoms with Crippen LogP contribution >= 0.6 is 0 Å². The second-order valence-corrected chi connectivity index (χ2v) is 2.14. The summed E-state index contributed by atoms with van der Waals surface area (Å²) >= 11 is 0. The van der Waals surface area contributed by atoms with Crippen LogP contribution in [0.15, 0.2) is 0 Å². The van der Waals surface area contributed by atoms with Gasteiger partial charge in [-0.15, -0.1) is 0 Å². The lowest BCUT2D eigenvalue weighted by Crippen LogP contribution is -2.24. The van der Waals surface area contributed by atoms with Crippen LogP contribution < -0.4 is 5.11 Å². The molecule has 0 heterocycles. The highest BCUT2D eigenvalue weighted by Crippen LogP contribution is 2.36. The second kappa shape index (κ2) is 1.22. The molecule has 1 rings (SSSR count). The molecule has 0 saturated heterocycles. The maximum Gasteiger partial charge on any atom is 0.0448 e. The van der Waals surface area contributed by atoms with Gasteiger partial charge in [0, 0.05) is 11.9 Å². The van der Waals surface area contributed by atoms with Crippen LogP contribution in [0.4, 0.5) is 0 Å². The molecule has 0 aromatic heterocycles. The molecule has 0 unspecified atom stereocenters. The van der Waals surface area contributed by atoms with Gasteiger partial charge in [-0.25, -0.2) is 0 Å². The number of carboxylic acids is 1. The van der Waals surface area contributed by atoms with Crippen molar-refractivity contribution in [2.45, 2.75) is 13.3 Å². The molecule has 0 aromatic rings. The van der Waals surface area contributed by atoms with Crippen LogP contribution in [0.1, 0.15) is 13.3 Å². The number of carbonyl (C=O) groups is 1. The van der Waals surface area contributed by atoms with Crippen molar-refractivity contribution in [1.82, 2.24) is 0 Å². The van der Waals surface area contributed by atoms with Crippen molar-refractivity contribution in [3.63, 3.8) is 0 Å². The van der Waals surface area contributed by atoms with Gasteiger partial charge in [-0.1, -0.05) is 6.92 Å². The van der Waals surface area contributed by atoms with Gasteiger partial charge in [0.2, 0.25) is 0 Å². The lowest BCUT2D eigenvalue weighted by Gasteiger charge is -1.93. The number of rotatable bonds is 1. The molecular weight excluding hydrogens is 92.1 g/mol. The van der Waals surface area contributed by atoms with E-state index in [1.807, 2.05) is 6.92 Å². The van der Waals surface area contributed by atoms with Crippen LogP contribution in [-0.2, 0) is 4.79 Å². The van der Waals surface area contributed by atoms with Crippen molar-refractivity contribution < 1.29 is 9.90 Å². The number of hydrogen-bond donors (Lipinski definition) is 0. The van der Waals surface area contributed by atoms with Gasteiger partial charge >= 0.3 is 0 Å². The summed E-state index contributed by atoms with van der Waals surface area (Å²) in [6.07, 6.45) is 0.822. The van der Waals surface area contributed by atoms with E-state index in [1.165, 1.54) is 0 Å². The molecule has 1 saturated carbocycles. The molecule has 1 aliphatic rings. The van der Waals surface area contributed by atoms with E-state index in [4.69, 9.17) is 0 Å². The molecule has 0 amide bonds. The van der Waals surface area contributed by atoms with E-state index in [9.17, 15) is 9.90 Å². The largest absolute Gasteiger partial charge is 0.550 e. The molecule has 0 bridgehead atoms. The van der Waals surface area contributed by atoms with Crippen LogP contribution in [-0.4, -0.2) is 5.97 Å². The zero-order chi connectivity index (χ0) is 5.44. The Hall–Kier alpha value is -0.530. The monoisotopic (exact) mass is 99.0 g/mol. The van der Waals surface area contributed by atoms with Crippen molar-refractivity contribution in [3.8, 4) is 0 Å². The molecule has 40 valence electrons. The quantitative estimate of drug-likeness (QED) is 0.440. The molecule has 0 aromatic carbocycles. The van der Waals surface area contributed by atoms with E-state index in [1.54, 1.807) is 0 Å². The van der Waals surface area contributed by atoms with Gasteiger partial charge in [-0.3, -0.25) is 0 Å². The highest BCUT2D eigenvalue weighted by atomic mass is 16.4. The SMILES string of the molecule is C[C@@H]1C[C@@H]1C(=O)[O-]. The first-order valence-electron chi connectivity index (χ1n) is 2.42. The average Bonchev–Trinajstić information content (AvgIpc) is 2.17.